The summed E-state index contributed by atoms with van der Waals surface area (Å²) in [6.45, 7) is 7.83. The van der Waals surface area contributed by atoms with Crippen LogP contribution in [0, 0.1) is 0 Å². The van der Waals surface area contributed by atoms with Crippen molar-refractivity contribution < 1.29 is 4.79 Å². The first-order valence-corrected chi connectivity index (χ1v) is 8.19. The molecule has 0 spiro atoms. The summed E-state index contributed by atoms with van der Waals surface area (Å²) in [5, 5.41) is 1.08. The highest BCUT2D eigenvalue weighted by Crippen LogP contribution is 2.16. The number of aryl methyl sites for hydroxylation is 1. The lowest BCUT2D eigenvalue weighted by molar-refractivity contribution is -0.130. The van der Waals surface area contributed by atoms with E-state index in [1.165, 1.54) is 5.56 Å². The maximum Gasteiger partial charge on any atom is 0.251 e. The minimum atomic E-state index is 0.00669. The lowest BCUT2D eigenvalue weighted by Gasteiger charge is -2.34. The molecule has 1 aromatic heterocycles. The Morgan fingerprint density at radius 1 is 1.17 bits per heavy atom. The van der Waals surface area contributed by atoms with Gasteiger partial charge in [-0.15, -0.1) is 0 Å². The first kappa shape index (κ1) is 15.7. The molecule has 0 unspecified atom stereocenters. The summed E-state index contributed by atoms with van der Waals surface area (Å²) in [6.07, 6.45) is 0.744. The zero-order chi connectivity index (χ0) is 16.4. The van der Waals surface area contributed by atoms with Gasteiger partial charge in [-0.2, -0.15) is 0 Å². The number of piperazine rings is 1. The van der Waals surface area contributed by atoms with Gasteiger partial charge in [0.15, 0.2) is 0 Å². The first-order valence-electron chi connectivity index (χ1n) is 8.19. The smallest absolute Gasteiger partial charge is 0.251 e. The molecule has 5 nitrogen and oxygen atoms in total. The van der Waals surface area contributed by atoms with Crippen LogP contribution in [0.15, 0.2) is 29.1 Å². The number of H-pyrrole nitrogens is 1. The molecule has 1 aromatic carbocycles. The van der Waals surface area contributed by atoms with E-state index in [0.717, 1.165) is 55.6 Å². The van der Waals surface area contributed by atoms with Crippen molar-refractivity contribution in [1.82, 2.24) is 14.8 Å². The van der Waals surface area contributed by atoms with Gasteiger partial charge >= 0.3 is 0 Å². The molecule has 122 valence electrons. The standard InChI is InChI=1S/C18H23N3O2/c1-3-15-11-16-5-4-14(10-17(16)19-18(15)23)12-20-6-8-21(9-7-20)13(2)22/h4-5,10-11H,3,6-9,12H2,1-2H3,(H,19,23). The molecule has 23 heavy (non-hydrogen) atoms. The Kier molecular flexibility index (Phi) is 4.48. The third kappa shape index (κ3) is 3.45. The van der Waals surface area contributed by atoms with E-state index in [9.17, 15) is 9.59 Å². The molecule has 0 radical (unpaired) electrons. The van der Waals surface area contributed by atoms with Crippen molar-refractivity contribution >= 4 is 16.8 Å². The SMILES string of the molecule is CCc1cc2ccc(CN3CCN(C(C)=O)CC3)cc2[nH]c1=O. The van der Waals surface area contributed by atoms with Gasteiger partial charge in [0.25, 0.3) is 5.56 Å². The van der Waals surface area contributed by atoms with Gasteiger partial charge in [0.1, 0.15) is 0 Å². The topological polar surface area (TPSA) is 56.4 Å². The predicted molar refractivity (Wildman–Crippen MR) is 91.5 cm³/mol. The molecule has 1 amide bonds. The summed E-state index contributed by atoms with van der Waals surface area (Å²) in [7, 11) is 0. The molecule has 3 rings (SSSR count). The average molecular weight is 313 g/mol. The maximum atomic E-state index is 12.0. The van der Waals surface area contributed by atoms with Gasteiger partial charge in [0.05, 0.1) is 0 Å². The fraction of sp³-hybridized carbons (Fsp3) is 0.444. The Balaban J connectivity index is 1.74. The van der Waals surface area contributed by atoms with Crippen LogP contribution < -0.4 is 5.56 Å². The lowest BCUT2D eigenvalue weighted by atomic mass is 10.1. The monoisotopic (exact) mass is 313 g/mol. The number of fused-ring (bicyclic) bond motifs is 1. The van der Waals surface area contributed by atoms with E-state index in [2.05, 4.69) is 28.1 Å². The zero-order valence-corrected chi connectivity index (χ0v) is 13.8. The van der Waals surface area contributed by atoms with Crippen molar-refractivity contribution in [2.45, 2.75) is 26.8 Å². The molecule has 2 heterocycles. The van der Waals surface area contributed by atoms with Crippen LogP contribution in [-0.2, 0) is 17.8 Å². The minimum absolute atomic E-state index is 0.00669. The zero-order valence-electron chi connectivity index (χ0n) is 13.8. The molecule has 0 atom stereocenters. The highest BCUT2D eigenvalue weighted by molar-refractivity contribution is 5.79. The van der Waals surface area contributed by atoms with Crippen molar-refractivity contribution in [1.29, 1.82) is 0 Å². The highest BCUT2D eigenvalue weighted by atomic mass is 16.2. The number of hydrogen-bond acceptors (Lipinski definition) is 3. The molecule has 1 fully saturated rings. The highest BCUT2D eigenvalue weighted by Gasteiger charge is 2.18. The molecule has 0 aliphatic carbocycles. The second-order valence-corrected chi connectivity index (χ2v) is 6.18. The molecule has 1 aliphatic rings. The number of amides is 1. The van der Waals surface area contributed by atoms with Gasteiger partial charge in [0, 0.05) is 50.7 Å². The fourth-order valence-electron chi connectivity index (χ4n) is 3.13. The van der Waals surface area contributed by atoms with Crippen LogP contribution in [0.25, 0.3) is 10.9 Å². The van der Waals surface area contributed by atoms with Crippen molar-refractivity contribution in [3.05, 3.63) is 45.7 Å². The van der Waals surface area contributed by atoms with E-state index in [0.29, 0.717) is 0 Å². The Bertz CT molecular complexity index is 773. The molecular formula is C18H23N3O2. The lowest BCUT2D eigenvalue weighted by Crippen LogP contribution is -2.47. The normalized spacial score (nSPS) is 16.0. The summed E-state index contributed by atoms with van der Waals surface area (Å²) in [6, 6.07) is 8.24. The summed E-state index contributed by atoms with van der Waals surface area (Å²) >= 11 is 0. The number of aromatic nitrogens is 1. The predicted octanol–water partition coefficient (Wildman–Crippen LogP) is 1.75. The molecule has 1 aliphatic heterocycles. The van der Waals surface area contributed by atoms with Crippen molar-refractivity contribution in [2.24, 2.45) is 0 Å². The van der Waals surface area contributed by atoms with Crippen LogP contribution in [0.1, 0.15) is 25.0 Å². The van der Waals surface area contributed by atoms with Gasteiger partial charge in [-0.1, -0.05) is 19.1 Å². The summed E-state index contributed by atoms with van der Waals surface area (Å²) in [5.41, 5.74) is 2.92. The minimum Gasteiger partial charge on any atom is -0.340 e. The quantitative estimate of drug-likeness (QED) is 0.939. The Hall–Kier alpha value is -2.14. The van der Waals surface area contributed by atoms with Crippen molar-refractivity contribution in [3.8, 4) is 0 Å². The number of nitrogens with one attached hydrogen (secondary N) is 1. The third-order valence-corrected chi connectivity index (χ3v) is 4.59. The number of aromatic amines is 1. The van der Waals surface area contributed by atoms with Crippen LogP contribution in [0.3, 0.4) is 0 Å². The summed E-state index contributed by atoms with van der Waals surface area (Å²) in [5.74, 6) is 0.152. The summed E-state index contributed by atoms with van der Waals surface area (Å²) in [4.78, 5) is 30.5. The van der Waals surface area contributed by atoms with Gasteiger partial charge < -0.3 is 9.88 Å². The Morgan fingerprint density at radius 3 is 2.57 bits per heavy atom. The maximum absolute atomic E-state index is 12.0. The van der Waals surface area contributed by atoms with E-state index in [1.807, 2.05) is 17.9 Å². The van der Waals surface area contributed by atoms with E-state index in [4.69, 9.17) is 0 Å². The number of benzene rings is 1. The average Bonchev–Trinajstić information content (AvgIpc) is 2.54. The second-order valence-electron chi connectivity index (χ2n) is 6.18. The molecule has 0 saturated carbocycles. The Labute approximate surface area is 135 Å². The van der Waals surface area contributed by atoms with Crippen LogP contribution in [-0.4, -0.2) is 46.9 Å². The van der Waals surface area contributed by atoms with Crippen LogP contribution in [0.4, 0.5) is 0 Å². The molecule has 5 heteroatoms. The van der Waals surface area contributed by atoms with Crippen molar-refractivity contribution in [2.75, 3.05) is 26.2 Å². The molecular weight excluding hydrogens is 290 g/mol. The van der Waals surface area contributed by atoms with Gasteiger partial charge in [-0.3, -0.25) is 14.5 Å². The number of carbonyl (C=O) groups is 1. The molecule has 1 saturated heterocycles. The molecule has 0 bridgehead atoms. The van der Waals surface area contributed by atoms with Crippen LogP contribution >= 0.6 is 0 Å². The number of pyridine rings is 1. The molecule has 2 aromatic rings. The molecule has 1 N–H and O–H groups in total. The van der Waals surface area contributed by atoms with Gasteiger partial charge in [-0.05, 0) is 29.5 Å². The number of hydrogen-bond donors (Lipinski definition) is 1. The van der Waals surface area contributed by atoms with E-state index >= 15 is 0 Å². The number of nitrogens with zero attached hydrogens (tertiary/aromatic N) is 2. The first-order chi connectivity index (χ1) is 11.1. The second kappa shape index (κ2) is 6.54. The van der Waals surface area contributed by atoms with Gasteiger partial charge in [0.2, 0.25) is 5.91 Å². The van der Waals surface area contributed by atoms with E-state index < -0.39 is 0 Å². The largest absolute Gasteiger partial charge is 0.340 e. The fourth-order valence-corrected chi connectivity index (χ4v) is 3.13. The third-order valence-electron chi connectivity index (χ3n) is 4.59. The van der Waals surface area contributed by atoms with Crippen LogP contribution in [0.2, 0.25) is 0 Å². The number of rotatable bonds is 3. The van der Waals surface area contributed by atoms with Crippen LogP contribution in [0.5, 0.6) is 0 Å². The Morgan fingerprint density at radius 2 is 1.91 bits per heavy atom. The van der Waals surface area contributed by atoms with E-state index in [-0.39, 0.29) is 11.5 Å². The van der Waals surface area contributed by atoms with Gasteiger partial charge in [-0.25, -0.2) is 0 Å². The number of carbonyl (C=O) groups excluding carboxylic acids is 1. The van der Waals surface area contributed by atoms with E-state index in [1.54, 1.807) is 6.92 Å². The summed E-state index contributed by atoms with van der Waals surface area (Å²) < 4.78 is 0. The van der Waals surface area contributed by atoms with Crippen molar-refractivity contribution in [3.63, 3.8) is 0 Å².